The third-order valence-corrected chi connectivity index (χ3v) is 14.6. The van der Waals surface area contributed by atoms with Crippen LogP contribution in [-0.4, -0.2) is 20.4 Å². The highest BCUT2D eigenvalue weighted by molar-refractivity contribution is 6.97. The molecule has 0 N–H and O–H groups in total. The Morgan fingerprint density at radius 3 is 1.13 bits per heavy atom. The molecule has 0 saturated heterocycles. The Morgan fingerprint density at radius 1 is 0.338 bits per heavy atom. The maximum atomic E-state index is 14.7. The summed E-state index contributed by atoms with van der Waals surface area (Å²) in [5.74, 6) is 0. The van der Waals surface area contributed by atoms with Crippen LogP contribution < -0.4 is 16.4 Å². The molecule has 0 radical (unpaired) electrons. The van der Waals surface area contributed by atoms with E-state index in [1.807, 2.05) is 24.3 Å². The van der Waals surface area contributed by atoms with E-state index in [1.165, 1.54) is 61.9 Å². The molecule has 0 aliphatic carbocycles. The van der Waals surface area contributed by atoms with E-state index in [-0.39, 0.29) is 6.71 Å². The number of fused-ring (bicyclic) bond motifs is 12. The summed E-state index contributed by atoms with van der Waals surface area (Å²) < 4.78 is 50.8. The zero-order chi connectivity index (χ0) is 46.7. The summed E-state index contributed by atoms with van der Waals surface area (Å²) in [6.07, 6.45) is -4.52. The number of hydrogen-bond donors (Lipinski definition) is 0. The van der Waals surface area contributed by atoms with Gasteiger partial charge in [-0.05, 0) is 102 Å². The van der Waals surface area contributed by atoms with Gasteiger partial charge in [-0.1, -0.05) is 165 Å². The molecule has 330 valence electrons. The van der Waals surface area contributed by atoms with Crippen LogP contribution in [0.4, 0.5) is 13.2 Å². The predicted molar refractivity (Wildman–Crippen MR) is 280 cm³/mol. The molecular weight excluding hydrogens is 842 g/mol. The lowest BCUT2D eigenvalue weighted by atomic mass is 9.33. The maximum absolute atomic E-state index is 14.7. The molecule has 0 unspecified atom stereocenters. The number of alkyl halides is 3. The van der Waals surface area contributed by atoms with Gasteiger partial charge in [-0.3, -0.25) is 0 Å². The zero-order valence-corrected chi connectivity index (χ0v) is 38.8. The van der Waals surface area contributed by atoms with E-state index in [2.05, 4.69) is 183 Å². The molecule has 12 aromatic rings. The van der Waals surface area contributed by atoms with E-state index in [1.54, 1.807) is 6.07 Å². The summed E-state index contributed by atoms with van der Waals surface area (Å²) in [4.78, 5) is 0. The number of para-hydroxylation sites is 4. The predicted octanol–water partition coefficient (Wildman–Crippen LogP) is 14.4. The molecule has 3 nitrogen and oxygen atoms in total. The summed E-state index contributed by atoms with van der Waals surface area (Å²) in [6, 6.07) is 59.5. The number of halogens is 3. The highest BCUT2D eigenvalue weighted by Crippen LogP contribution is 2.50. The van der Waals surface area contributed by atoms with Gasteiger partial charge in [0.05, 0.1) is 38.7 Å². The fraction of sp³-hybridized carbons (Fsp3) is 0.115. The summed E-state index contributed by atoms with van der Waals surface area (Å²) in [5.41, 5.74) is 18.9. The molecule has 3 aromatic heterocycles. The van der Waals surface area contributed by atoms with Crippen LogP contribution in [0.5, 0.6) is 0 Å². The van der Waals surface area contributed by atoms with Crippen molar-refractivity contribution in [1.29, 1.82) is 0 Å². The topological polar surface area (TPSA) is 14.8 Å². The molecular formula is C61H47BF3N3. The van der Waals surface area contributed by atoms with Crippen molar-refractivity contribution in [2.75, 3.05) is 0 Å². The second kappa shape index (κ2) is 15.4. The van der Waals surface area contributed by atoms with Crippen LogP contribution >= 0.6 is 0 Å². The molecule has 68 heavy (non-hydrogen) atoms. The minimum atomic E-state index is -4.52. The molecule has 0 aliphatic heterocycles. The zero-order valence-electron chi connectivity index (χ0n) is 38.8. The second-order valence-electron chi connectivity index (χ2n) is 18.6. The fourth-order valence-electron chi connectivity index (χ4n) is 11.9. The van der Waals surface area contributed by atoms with E-state index in [9.17, 15) is 13.2 Å². The van der Waals surface area contributed by atoms with Crippen molar-refractivity contribution in [3.63, 3.8) is 0 Å². The smallest absolute Gasteiger partial charge is 0.308 e. The van der Waals surface area contributed by atoms with Gasteiger partial charge in [0.15, 0.2) is 0 Å². The minimum Gasteiger partial charge on any atom is -0.308 e. The SMILES string of the molecule is Cc1cccc(C)c1B(c1c(C)cccc1C)c1c(C)cc(-n2c3ccccc3c3c4c(c5ccccc5n4-c4cccc(C(F)(F)F)c4)c4c(c5ccccc5n4-c4ccccc4)c32)cc1C. The van der Waals surface area contributed by atoms with Crippen LogP contribution in [0, 0.1) is 41.5 Å². The first-order valence-corrected chi connectivity index (χ1v) is 23.3. The number of aryl methyl sites for hydroxylation is 6. The van der Waals surface area contributed by atoms with Crippen molar-refractivity contribution < 1.29 is 13.2 Å². The van der Waals surface area contributed by atoms with E-state index in [4.69, 9.17) is 0 Å². The Bertz CT molecular complexity index is 3920. The Hall–Kier alpha value is -7.77. The number of rotatable bonds is 6. The van der Waals surface area contributed by atoms with Crippen LogP contribution in [0.1, 0.15) is 38.9 Å². The first-order chi connectivity index (χ1) is 32.9. The highest BCUT2D eigenvalue weighted by atomic mass is 19.4. The molecule has 0 fully saturated rings. The first-order valence-electron chi connectivity index (χ1n) is 23.3. The summed E-state index contributed by atoms with van der Waals surface area (Å²) >= 11 is 0. The van der Waals surface area contributed by atoms with Gasteiger partial charge in [0.25, 0.3) is 0 Å². The molecule has 0 spiro atoms. The molecule has 0 bridgehead atoms. The lowest BCUT2D eigenvalue weighted by Gasteiger charge is -2.27. The molecule has 0 amide bonds. The maximum Gasteiger partial charge on any atom is 0.416 e. The van der Waals surface area contributed by atoms with E-state index in [0.29, 0.717) is 5.69 Å². The quantitative estimate of drug-likeness (QED) is 0.148. The second-order valence-corrected chi connectivity index (χ2v) is 18.6. The summed E-state index contributed by atoms with van der Waals surface area (Å²) in [5, 5.41) is 6.12. The average molecular weight is 890 g/mol. The van der Waals surface area contributed by atoms with Crippen molar-refractivity contribution in [3.8, 4) is 17.1 Å². The molecule has 12 rings (SSSR count). The van der Waals surface area contributed by atoms with Crippen molar-refractivity contribution in [2.45, 2.75) is 47.7 Å². The standard InChI is InChI=1S/C61H47BF3N3/c1-36-19-16-20-37(2)55(36)62(56-38(3)21-17-22-39(56)4)57-40(5)33-45(34-41(57)6)68-51-32-15-12-29-48(51)54-59-52(47-28-11-14-31-50(47)67(59)44-26-18-23-42(35-44)61(63,64)65)58-53(60(54)68)46-27-10-13-30-49(46)66(58)43-24-8-7-9-25-43/h7-35H,1-6H3. The molecule has 0 atom stereocenters. The molecule has 0 aliphatic rings. The highest BCUT2D eigenvalue weighted by Gasteiger charge is 2.34. The number of benzene rings is 9. The van der Waals surface area contributed by atoms with Gasteiger partial charge < -0.3 is 13.7 Å². The minimum absolute atomic E-state index is 0.00273. The molecule has 0 saturated carbocycles. The monoisotopic (exact) mass is 889 g/mol. The van der Waals surface area contributed by atoms with Crippen molar-refractivity contribution in [2.24, 2.45) is 0 Å². The summed E-state index contributed by atoms with van der Waals surface area (Å²) in [7, 11) is 0. The van der Waals surface area contributed by atoms with Crippen LogP contribution in [0.3, 0.4) is 0 Å². The average Bonchev–Trinajstić information content (AvgIpc) is 3.97. The van der Waals surface area contributed by atoms with Gasteiger partial charge in [-0.25, -0.2) is 0 Å². The Balaban J connectivity index is 1.29. The van der Waals surface area contributed by atoms with Gasteiger partial charge >= 0.3 is 6.18 Å². The molecule has 7 heteroatoms. The van der Waals surface area contributed by atoms with E-state index < -0.39 is 11.7 Å². The van der Waals surface area contributed by atoms with Gasteiger partial charge in [-0.2, -0.15) is 13.2 Å². The van der Waals surface area contributed by atoms with Gasteiger partial charge in [0.1, 0.15) is 0 Å². The van der Waals surface area contributed by atoms with Gasteiger partial charge in [-0.15, -0.1) is 0 Å². The van der Waals surface area contributed by atoms with Crippen molar-refractivity contribution in [1.82, 2.24) is 13.7 Å². The van der Waals surface area contributed by atoms with Gasteiger partial charge in [0.2, 0.25) is 6.71 Å². The van der Waals surface area contributed by atoms with Crippen LogP contribution in [0.2, 0.25) is 0 Å². The normalized spacial score (nSPS) is 12.2. The first kappa shape index (κ1) is 41.7. The lowest BCUT2D eigenvalue weighted by Crippen LogP contribution is -2.57. The Kier molecular flexibility index (Phi) is 9.43. The van der Waals surface area contributed by atoms with E-state index >= 15 is 0 Å². The lowest BCUT2D eigenvalue weighted by molar-refractivity contribution is -0.137. The largest absolute Gasteiger partial charge is 0.416 e. The van der Waals surface area contributed by atoms with E-state index in [0.717, 1.165) is 82.9 Å². The van der Waals surface area contributed by atoms with Crippen LogP contribution in [-0.2, 0) is 6.18 Å². The fourth-order valence-corrected chi connectivity index (χ4v) is 11.9. The van der Waals surface area contributed by atoms with Crippen LogP contribution in [0.25, 0.3) is 82.5 Å². The summed E-state index contributed by atoms with van der Waals surface area (Å²) in [6.45, 7) is 13.5. The number of hydrogen-bond acceptors (Lipinski definition) is 0. The Morgan fingerprint density at radius 2 is 0.691 bits per heavy atom. The Labute approximate surface area is 393 Å². The number of nitrogens with zero attached hydrogens (tertiary/aromatic N) is 3. The molecule has 3 heterocycles. The van der Waals surface area contributed by atoms with Crippen molar-refractivity contribution in [3.05, 3.63) is 215 Å². The van der Waals surface area contributed by atoms with Crippen LogP contribution in [0.15, 0.2) is 176 Å². The van der Waals surface area contributed by atoms with Crippen molar-refractivity contribution >= 4 is 88.5 Å². The number of aromatic nitrogens is 3. The van der Waals surface area contributed by atoms with Gasteiger partial charge in [0, 0.05) is 49.4 Å². The molecule has 9 aromatic carbocycles. The third kappa shape index (κ3) is 6.07. The third-order valence-electron chi connectivity index (χ3n) is 14.6.